The van der Waals surface area contributed by atoms with Crippen LogP contribution in [0.5, 0.6) is 28.7 Å². The van der Waals surface area contributed by atoms with E-state index in [2.05, 4.69) is 89.2 Å². The van der Waals surface area contributed by atoms with Crippen molar-refractivity contribution in [2.75, 3.05) is 0 Å². The van der Waals surface area contributed by atoms with Gasteiger partial charge in [-0.2, -0.15) is 0 Å². The number of phenols is 5. The van der Waals surface area contributed by atoms with E-state index in [-0.39, 0.29) is 111 Å². The summed E-state index contributed by atoms with van der Waals surface area (Å²) in [4.78, 5) is 0. The molecule has 0 fully saturated rings. The topological polar surface area (TPSA) is 101 Å². The summed E-state index contributed by atoms with van der Waals surface area (Å²) in [5.74, 6) is 0.281. The zero-order valence-electron chi connectivity index (χ0n) is 64.3. The van der Waals surface area contributed by atoms with E-state index >= 15 is 0 Å². The fourth-order valence-electron chi connectivity index (χ4n) is 9.83. The van der Waals surface area contributed by atoms with E-state index in [0.29, 0.717) is 38.0 Å². The van der Waals surface area contributed by atoms with Crippen molar-refractivity contribution in [2.45, 2.75) is 139 Å². The Morgan fingerprint density at radius 1 is 0.252 bits per heavy atom. The molecule has 0 aromatic heterocycles. The molecule has 5 nitrogen and oxygen atoms in total. The van der Waals surface area contributed by atoms with Gasteiger partial charge in [-0.15, -0.1) is 0 Å². The first-order chi connectivity index (χ1) is 51.9. The summed E-state index contributed by atoms with van der Waals surface area (Å²) in [5.41, 5.74) is 8.76. The molecule has 30 heteroatoms. The summed E-state index contributed by atoms with van der Waals surface area (Å²) in [6.07, 6.45) is 0. The second-order valence-corrected chi connectivity index (χ2v) is 47.7. The molecule has 0 radical (unpaired) electrons. The maximum atomic E-state index is 14.0. The molecule has 5 atom stereocenters. The molecule has 111 heavy (non-hydrogen) atoms. The molecule has 5 N–H and O–H groups in total. The van der Waals surface area contributed by atoms with Gasteiger partial charge in [0.05, 0.1) is 0 Å². The van der Waals surface area contributed by atoms with Crippen molar-refractivity contribution in [3.8, 4) is 28.7 Å². The third-order valence-corrected chi connectivity index (χ3v) is 22.0. The van der Waals surface area contributed by atoms with Crippen LogP contribution in [-0.4, -0.2) is 25.5 Å². The van der Waals surface area contributed by atoms with Crippen LogP contribution in [0.3, 0.4) is 0 Å². The van der Waals surface area contributed by atoms with Gasteiger partial charge in [0.15, 0.2) is 0 Å². The Morgan fingerprint density at radius 3 is 0.784 bits per heavy atom. The monoisotopic (exact) mass is 1980 g/mol. The second kappa shape index (κ2) is 56.1. The Hall–Kier alpha value is -0.529. The number of hydrogen-bond acceptors (Lipinski definition) is 5. The number of aromatic hydroxyl groups is 5. The van der Waals surface area contributed by atoms with Crippen molar-refractivity contribution in [3.63, 3.8) is 0 Å². The third kappa shape index (κ3) is 41.1. The van der Waals surface area contributed by atoms with Gasteiger partial charge >= 0.3 is 178 Å². The molecule has 10 aromatic rings. The summed E-state index contributed by atoms with van der Waals surface area (Å²) in [6, 6.07) is 54.8. The molecule has 10 aromatic carbocycles. The first-order valence-electron chi connectivity index (χ1n) is 33.4. The number of hydrogen-bond donors (Lipinski definition) is 5. The zero-order valence-corrected chi connectivity index (χ0v) is 84.7. The van der Waals surface area contributed by atoms with Gasteiger partial charge in [-0.05, 0) is 156 Å². The summed E-state index contributed by atoms with van der Waals surface area (Å²) in [6.45, 7) is 35.0. The average Bonchev–Trinajstić information content (AvgIpc) is 0.791. The summed E-state index contributed by atoms with van der Waals surface area (Å²) < 4.78 is 68.5. The van der Waals surface area contributed by atoms with Crippen molar-refractivity contribution in [3.05, 3.63) is 267 Å². The molecule has 0 spiro atoms. The van der Waals surface area contributed by atoms with Crippen molar-refractivity contribution < 1.29 is 133 Å². The molecule has 10 rings (SSSR count). The van der Waals surface area contributed by atoms with Crippen molar-refractivity contribution in [1.82, 2.24) is 0 Å². The summed E-state index contributed by atoms with van der Waals surface area (Å²) in [7, 11) is 49.5. The quantitative estimate of drug-likeness (QED) is 0.0534. The third-order valence-electron chi connectivity index (χ3n) is 15.3. The minimum absolute atomic E-state index is 0.00687. The number of aryl methyl sites for hydroxylation is 5. The first kappa shape index (κ1) is 108. The van der Waals surface area contributed by atoms with Crippen LogP contribution in [0.15, 0.2) is 188 Å². The van der Waals surface area contributed by atoms with Crippen LogP contribution < -0.4 is 53.0 Å². The molecule has 5 unspecified atom stereocenters. The zero-order chi connectivity index (χ0) is 84.7. The second-order valence-electron chi connectivity index (χ2n) is 28.2. The van der Waals surface area contributed by atoms with E-state index in [9.17, 15) is 47.5 Å². The Bertz CT molecular complexity index is 4410. The van der Waals surface area contributed by atoms with E-state index in [1.165, 1.54) is 35.9 Å². The van der Waals surface area contributed by atoms with Crippen LogP contribution in [0.25, 0.3) is 0 Å². The molecule has 0 amide bonds. The van der Waals surface area contributed by atoms with E-state index in [1.54, 1.807) is 72.8 Å². The molecule has 0 heterocycles. The van der Waals surface area contributed by atoms with Crippen LogP contribution >= 0.6 is 136 Å². The number of phenolic OH excluding ortho intramolecular Hbond substituents is 5. The van der Waals surface area contributed by atoms with Crippen molar-refractivity contribution >= 4 is 189 Å². The van der Waals surface area contributed by atoms with Gasteiger partial charge in [-0.3, -0.25) is 0 Å². The van der Waals surface area contributed by atoms with E-state index in [4.69, 9.17) is 93.0 Å². The number of benzene rings is 10. The van der Waals surface area contributed by atoms with E-state index < -0.39 is 85.2 Å². The summed E-state index contributed by atoms with van der Waals surface area (Å²) >= 11 is -2.78. The molecular formula is C81H92Cl10F5O5P5Ti5. The number of halogens is 15. The molecule has 0 aliphatic rings. The molecule has 596 valence electrons. The molecule has 0 aliphatic heterocycles. The fraction of sp³-hybridized carbons (Fsp3) is 0.259. The van der Waals surface area contributed by atoms with Gasteiger partial charge in [0.25, 0.3) is 0 Å². The molecule has 0 bridgehead atoms. The van der Waals surface area contributed by atoms with Crippen LogP contribution in [0.4, 0.5) is 22.0 Å². The SMILES string of the molecule is CC(C)(C)c1cc(Pc2ccccc2F)c(O)c(C(C)(C)C)c1.Cc1cc(C(C)(C)C)cc(Pc2ccccc2F)c1O.Cc1cc(C)c(O)c(Pc2ccccc2F)c1.Cc1cc(Pc2ccccc2F)c(O)c(C(C)(C)C)c1.Cc1ccc(O)c(Pc2ccccc2F)c1.[Cl][Ti][Cl].[Cl][Ti][Cl].[Cl][Ti][Cl].[Cl][Ti][Cl].[Cl][Ti][Cl]. The predicted molar refractivity (Wildman–Crippen MR) is 467 cm³/mol. The van der Waals surface area contributed by atoms with Gasteiger partial charge in [0.2, 0.25) is 0 Å². The normalized spacial score (nSPS) is 11.1. The Labute approximate surface area is 747 Å². The van der Waals surface area contributed by atoms with Crippen LogP contribution in [0.2, 0.25) is 0 Å². The fourth-order valence-corrected chi connectivity index (χ4v) is 15.9. The molecule has 0 aliphatic carbocycles. The number of rotatable bonds is 10. The van der Waals surface area contributed by atoms with Crippen molar-refractivity contribution in [1.29, 1.82) is 0 Å². The molecule has 0 saturated heterocycles. The van der Waals surface area contributed by atoms with Crippen LogP contribution in [0.1, 0.15) is 133 Å². The van der Waals surface area contributed by atoms with E-state index in [0.717, 1.165) is 71.0 Å². The van der Waals surface area contributed by atoms with Crippen molar-refractivity contribution in [2.24, 2.45) is 0 Å². The average molecular weight is 1990 g/mol. The predicted octanol–water partition coefficient (Wildman–Crippen LogP) is 24.4. The van der Waals surface area contributed by atoms with Crippen LogP contribution in [-0.2, 0) is 107 Å². The Balaban J connectivity index is 0.000000664. The standard InChI is InChI=1S/C20H26FOP.2C17H20FOP.C14H14FOP.C13H12FOP.10ClH.5Ti/c1-19(2,3)13-11-14(20(4,5)6)18(22)17(12-13)23-16-10-8-7-9-15(16)21;1-11-9-12(17(2,3)4)10-15(16(11)19)20-14-8-6-5-7-13(14)18;1-11-9-12(17(2,3)4)16(19)15(10-11)20-14-8-6-5-7-13(14)18;1-9-7-10(2)14(16)13(8-9)17-12-6-4-3-5-11(12)15;1-9-6-7-11(15)13(8-9)16-12-5-3-2-4-10(12)14;;;;;;;;;;;;;;;/h7-12,22-23H,1-6H3;2*5-10,19-20H,1-4H3;3-8,16-17H,1-2H3;2-8,15-16H,1H3;10*1H;;;;;/q;;;;;;;;;;;;;;;5*+2/p-10. The van der Waals surface area contributed by atoms with Gasteiger partial charge in [0.1, 0.15) is 57.8 Å². The molecular weight excluding hydrogens is 1900 g/mol. The van der Waals surface area contributed by atoms with Gasteiger partial charge in [-0.25, -0.2) is 22.0 Å². The minimum atomic E-state index is -0.556. The Morgan fingerprint density at radius 2 is 0.486 bits per heavy atom. The van der Waals surface area contributed by atoms with E-state index in [1.807, 2.05) is 113 Å². The van der Waals surface area contributed by atoms with Gasteiger partial charge in [-0.1, -0.05) is 253 Å². The Kier molecular flexibility index (Phi) is 54.9. The van der Waals surface area contributed by atoms with Gasteiger partial charge < -0.3 is 25.5 Å². The maximum absolute atomic E-state index is 14.0. The molecule has 0 saturated carbocycles. The first-order valence-corrected chi connectivity index (χ1v) is 59.9. The van der Waals surface area contributed by atoms with Gasteiger partial charge in [0, 0.05) is 64.2 Å². The van der Waals surface area contributed by atoms with Crippen LogP contribution in [0, 0.1) is 63.7 Å². The summed E-state index contributed by atoms with van der Waals surface area (Å²) in [5, 5.41) is 58.3.